The first-order valence-corrected chi connectivity index (χ1v) is 7.36. The van der Waals surface area contributed by atoms with Gasteiger partial charge in [-0.05, 0) is 0 Å². The molecular formula is C13H23N3O13. The van der Waals surface area contributed by atoms with Gasteiger partial charge in [-0.25, -0.2) is 4.79 Å². The highest BCUT2D eigenvalue weighted by atomic mass is 16.6. The van der Waals surface area contributed by atoms with Crippen LogP contribution in [0.15, 0.2) is 0 Å². The van der Waals surface area contributed by atoms with E-state index in [9.17, 15) is 24.0 Å². The molecule has 0 saturated heterocycles. The van der Waals surface area contributed by atoms with E-state index in [4.69, 9.17) is 40.5 Å². The lowest BCUT2D eigenvalue weighted by atomic mass is 10.4. The van der Waals surface area contributed by atoms with Crippen LogP contribution in [-0.4, -0.2) is 127 Å². The van der Waals surface area contributed by atoms with Gasteiger partial charge in [0.05, 0.1) is 32.7 Å². The normalized spacial score (nSPS) is 9.48. The van der Waals surface area contributed by atoms with E-state index in [0.29, 0.717) is 0 Å². The molecule has 16 heteroatoms. The maximum atomic E-state index is 10.6. The molecule has 0 bridgehead atoms. The van der Waals surface area contributed by atoms with Crippen molar-refractivity contribution in [3.05, 3.63) is 0 Å². The van der Waals surface area contributed by atoms with Gasteiger partial charge < -0.3 is 41.5 Å². The maximum Gasteiger partial charge on any atom is 0.503 e. The average molecular weight is 429 g/mol. The molecule has 0 spiro atoms. The summed E-state index contributed by atoms with van der Waals surface area (Å²) in [5.74, 6) is -5.88. The number of nitrogens with two attached hydrogens (primary N) is 1. The van der Waals surface area contributed by atoms with Crippen LogP contribution in [0.1, 0.15) is 0 Å². The topological polar surface area (TPSA) is 277 Å². The van der Waals surface area contributed by atoms with Gasteiger partial charge in [-0.2, -0.15) is 0 Å². The Kier molecular flexibility index (Phi) is 18.7. The molecule has 168 valence electrons. The van der Waals surface area contributed by atoms with E-state index >= 15 is 0 Å². The number of carboxylic acid groups (broad SMARTS) is 7. The summed E-state index contributed by atoms with van der Waals surface area (Å²) < 4.78 is 0. The zero-order valence-corrected chi connectivity index (χ0v) is 15.0. The standard InChI is InChI=1S/C10H16N2O8.C2H5NO2.CH2O3/c13-7(14)3-11(4-8(15)16)1-2-12(5-9(17)18)6-10(19)20;3-1-2(4)5;2-1(3)4/h1-6H2,(H,13,14)(H,15,16)(H,17,18)(H,19,20);1,3H2,(H,4,5);(H2,2,3,4). The molecule has 0 aromatic heterocycles. The minimum absolute atomic E-state index is 0.0703. The lowest BCUT2D eigenvalue weighted by Crippen LogP contribution is -2.43. The number of rotatable bonds is 12. The molecule has 0 fully saturated rings. The van der Waals surface area contributed by atoms with Gasteiger partial charge in [0.1, 0.15) is 0 Å². The van der Waals surface area contributed by atoms with Crippen LogP contribution in [0.3, 0.4) is 0 Å². The van der Waals surface area contributed by atoms with Crippen LogP contribution in [0.25, 0.3) is 0 Å². The summed E-state index contributed by atoms with van der Waals surface area (Å²) in [6.45, 7) is -2.53. The van der Waals surface area contributed by atoms with Gasteiger partial charge in [0.2, 0.25) is 0 Å². The van der Waals surface area contributed by atoms with E-state index in [0.717, 1.165) is 9.80 Å². The van der Waals surface area contributed by atoms with Gasteiger partial charge in [-0.3, -0.25) is 33.8 Å². The van der Waals surface area contributed by atoms with E-state index < -0.39 is 62.2 Å². The van der Waals surface area contributed by atoms with Crippen molar-refractivity contribution in [2.75, 3.05) is 45.8 Å². The van der Waals surface area contributed by atoms with Crippen LogP contribution in [0, 0.1) is 0 Å². The second-order valence-electron chi connectivity index (χ2n) is 4.88. The highest BCUT2D eigenvalue weighted by Crippen LogP contribution is 1.94. The van der Waals surface area contributed by atoms with Crippen molar-refractivity contribution in [2.45, 2.75) is 0 Å². The Morgan fingerprint density at radius 1 is 0.517 bits per heavy atom. The summed E-state index contributed by atoms with van der Waals surface area (Å²) in [6, 6.07) is 0. The Labute approximate surface area is 163 Å². The first-order chi connectivity index (χ1) is 13.2. The zero-order chi connectivity index (χ0) is 23.6. The number of carbonyl (C=O) groups is 6. The maximum absolute atomic E-state index is 10.6. The Balaban J connectivity index is -0.000000623. The Morgan fingerprint density at radius 3 is 0.793 bits per heavy atom. The Morgan fingerprint density at radius 2 is 0.690 bits per heavy atom. The lowest BCUT2D eigenvalue weighted by molar-refractivity contribution is -0.145. The molecule has 0 aliphatic heterocycles. The van der Waals surface area contributed by atoms with Crippen molar-refractivity contribution >= 4 is 36.0 Å². The molecule has 0 heterocycles. The number of carboxylic acids is 5. The fourth-order valence-corrected chi connectivity index (χ4v) is 1.48. The summed E-state index contributed by atoms with van der Waals surface area (Å²) in [5, 5.41) is 56.0. The monoisotopic (exact) mass is 429 g/mol. The van der Waals surface area contributed by atoms with Crippen molar-refractivity contribution in [2.24, 2.45) is 5.73 Å². The predicted molar refractivity (Wildman–Crippen MR) is 90.8 cm³/mol. The van der Waals surface area contributed by atoms with Gasteiger partial charge in [0.15, 0.2) is 0 Å². The molecule has 0 saturated carbocycles. The van der Waals surface area contributed by atoms with Crippen molar-refractivity contribution < 1.29 is 64.5 Å². The molecule has 0 unspecified atom stereocenters. The van der Waals surface area contributed by atoms with E-state index in [2.05, 4.69) is 5.73 Å². The fraction of sp³-hybridized carbons (Fsp3) is 0.538. The highest BCUT2D eigenvalue weighted by Gasteiger charge is 2.17. The summed E-state index contributed by atoms with van der Waals surface area (Å²) >= 11 is 0. The SMILES string of the molecule is NCC(=O)O.O=C(O)CN(CCN(CC(=O)O)CC(=O)O)CC(=O)O.O=C(O)O. The zero-order valence-electron chi connectivity index (χ0n) is 15.0. The lowest BCUT2D eigenvalue weighted by Gasteiger charge is -2.23. The Bertz CT molecular complexity index is 494. The average Bonchev–Trinajstić information content (AvgIpc) is 2.50. The fourth-order valence-electron chi connectivity index (χ4n) is 1.48. The molecule has 0 radical (unpaired) electrons. The molecule has 0 amide bonds. The minimum Gasteiger partial charge on any atom is -0.480 e. The van der Waals surface area contributed by atoms with E-state index in [-0.39, 0.29) is 19.6 Å². The minimum atomic E-state index is -1.83. The van der Waals surface area contributed by atoms with E-state index in [1.54, 1.807) is 0 Å². The van der Waals surface area contributed by atoms with Gasteiger partial charge in [-0.1, -0.05) is 0 Å². The van der Waals surface area contributed by atoms with Crippen molar-refractivity contribution in [1.82, 2.24) is 9.80 Å². The molecular weight excluding hydrogens is 406 g/mol. The van der Waals surface area contributed by atoms with Crippen LogP contribution in [0.5, 0.6) is 0 Å². The number of aliphatic carboxylic acids is 5. The molecule has 0 aliphatic rings. The molecule has 16 nitrogen and oxygen atoms in total. The van der Waals surface area contributed by atoms with Crippen molar-refractivity contribution in [3.63, 3.8) is 0 Å². The summed E-state index contributed by atoms with van der Waals surface area (Å²) in [7, 11) is 0. The first kappa shape index (κ1) is 30.2. The van der Waals surface area contributed by atoms with Crippen molar-refractivity contribution in [3.8, 4) is 0 Å². The third-order valence-electron chi connectivity index (χ3n) is 2.34. The van der Waals surface area contributed by atoms with Crippen LogP contribution < -0.4 is 5.73 Å². The van der Waals surface area contributed by atoms with Gasteiger partial charge in [0, 0.05) is 13.1 Å². The van der Waals surface area contributed by atoms with Crippen LogP contribution in [-0.2, 0) is 24.0 Å². The van der Waals surface area contributed by atoms with E-state index in [1.165, 1.54) is 0 Å². The van der Waals surface area contributed by atoms with Gasteiger partial charge in [0.25, 0.3) is 0 Å². The van der Waals surface area contributed by atoms with Crippen LogP contribution in [0.4, 0.5) is 4.79 Å². The molecule has 0 aromatic carbocycles. The molecule has 29 heavy (non-hydrogen) atoms. The smallest absolute Gasteiger partial charge is 0.480 e. The summed E-state index contributed by atoms with van der Waals surface area (Å²) in [5.41, 5.74) is 4.57. The third kappa shape index (κ3) is 32.6. The van der Waals surface area contributed by atoms with E-state index in [1.807, 2.05) is 0 Å². The second kappa shape index (κ2) is 17.9. The van der Waals surface area contributed by atoms with Gasteiger partial charge >= 0.3 is 36.0 Å². The predicted octanol–water partition coefficient (Wildman–Crippen LogP) is -2.82. The summed E-state index contributed by atoms with van der Waals surface area (Å²) in [6.07, 6.45) is -1.83. The molecule has 0 rings (SSSR count). The largest absolute Gasteiger partial charge is 0.503 e. The van der Waals surface area contributed by atoms with Crippen LogP contribution in [0.2, 0.25) is 0 Å². The quantitative estimate of drug-likeness (QED) is 0.155. The molecule has 9 N–H and O–H groups in total. The number of hydrogen-bond donors (Lipinski definition) is 8. The number of hydrogen-bond acceptors (Lipinski definition) is 9. The molecule has 0 atom stereocenters. The highest BCUT2D eigenvalue weighted by molar-refractivity contribution is 5.73. The van der Waals surface area contributed by atoms with Crippen molar-refractivity contribution in [1.29, 1.82) is 0 Å². The second-order valence-corrected chi connectivity index (χ2v) is 4.88. The molecule has 0 aliphatic carbocycles. The molecule has 0 aromatic rings. The first-order valence-electron chi connectivity index (χ1n) is 7.36. The number of nitrogens with zero attached hydrogens (tertiary/aromatic N) is 2. The van der Waals surface area contributed by atoms with Gasteiger partial charge in [-0.15, -0.1) is 0 Å². The Hall–Kier alpha value is -3.50. The third-order valence-corrected chi connectivity index (χ3v) is 2.34. The summed E-state index contributed by atoms with van der Waals surface area (Å²) in [4.78, 5) is 62.2. The van der Waals surface area contributed by atoms with Crippen LogP contribution >= 0.6 is 0 Å².